The monoisotopic (exact) mass is 585 g/mol. The van der Waals surface area contributed by atoms with E-state index in [0.29, 0.717) is 29.8 Å². The first-order valence-electron chi connectivity index (χ1n) is 13.1. The molecule has 0 aromatic heterocycles. The molecule has 0 unspecified atom stereocenters. The lowest BCUT2D eigenvalue weighted by Crippen LogP contribution is -2.56. The maximum absolute atomic E-state index is 15.6. The largest absolute Gasteiger partial charge is 0.460 e. The fraction of sp³-hybridized carbons (Fsp3) is 0.467. The summed E-state index contributed by atoms with van der Waals surface area (Å²) in [4.78, 5) is 30.9. The molecule has 0 aliphatic carbocycles. The van der Waals surface area contributed by atoms with E-state index in [2.05, 4.69) is 4.36 Å². The van der Waals surface area contributed by atoms with E-state index < -0.39 is 42.7 Å². The van der Waals surface area contributed by atoms with Crippen LogP contribution in [0, 0.1) is 17.1 Å². The second kappa shape index (κ2) is 10.4. The van der Waals surface area contributed by atoms with Crippen molar-refractivity contribution in [3.8, 4) is 6.07 Å². The van der Waals surface area contributed by atoms with E-state index in [0.717, 1.165) is 0 Å². The van der Waals surface area contributed by atoms with Gasteiger partial charge in [-0.3, -0.25) is 14.6 Å². The zero-order valence-corrected chi connectivity index (χ0v) is 25.1. The van der Waals surface area contributed by atoms with Crippen LogP contribution in [0.15, 0.2) is 45.8 Å². The number of nitrogens with zero attached hydrogens (tertiary/aromatic N) is 3. The molecule has 2 aliphatic rings. The topological polar surface area (TPSA) is 109 Å². The molecule has 0 N–H and O–H groups in total. The average molecular weight is 586 g/mol. The van der Waals surface area contributed by atoms with Crippen molar-refractivity contribution in [3.63, 3.8) is 0 Å². The number of halogens is 2. The number of hydrogen-bond donors (Lipinski definition) is 0. The summed E-state index contributed by atoms with van der Waals surface area (Å²) in [6.45, 7) is 10.9. The van der Waals surface area contributed by atoms with E-state index in [-0.39, 0.29) is 34.8 Å². The van der Waals surface area contributed by atoms with Crippen LogP contribution in [-0.2, 0) is 31.2 Å². The lowest BCUT2D eigenvalue weighted by molar-refractivity contribution is -0.153. The lowest BCUT2D eigenvalue weighted by atomic mass is 9.84. The Morgan fingerprint density at radius 2 is 1.88 bits per heavy atom. The first kappa shape index (κ1) is 29.9. The Balaban J connectivity index is 1.77. The normalized spacial score (nSPS) is 25.3. The molecule has 0 fully saturated rings. The number of aliphatic imine (C=N–C) groups is 1. The fourth-order valence-corrected chi connectivity index (χ4v) is 9.04. The second-order valence-electron chi connectivity index (χ2n) is 11.9. The number of carbonyl (C=O) groups excluding carboxylic acids is 2. The standard InChI is InChI=1S/C30H33ClFN3O4S/c1-28(2,3)39-27(37)16-25-29(4,5)40(38)26(11-12-34-40)30(6,35-25)21-13-18(8-10-23(21)32)15-24(36)20-9-7-19(17-33)14-22(20)31/h7-10,13-14,26H,11-12,15-16H2,1-6H3/t26-,30+,40+/m0/s1. The van der Waals surface area contributed by atoms with Crippen LogP contribution in [0.1, 0.15) is 81.4 Å². The molecule has 0 radical (unpaired) electrons. The van der Waals surface area contributed by atoms with Crippen molar-refractivity contribution in [1.82, 2.24) is 0 Å². The van der Waals surface area contributed by atoms with Crippen molar-refractivity contribution in [2.45, 2.75) is 81.9 Å². The number of Topliss-reactive ketones (excluding diaryl/α,β-unsaturated/α-hetero) is 1. The van der Waals surface area contributed by atoms with Gasteiger partial charge in [0.2, 0.25) is 0 Å². The predicted molar refractivity (Wildman–Crippen MR) is 154 cm³/mol. The molecule has 0 spiro atoms. The molecule has 40 heavy (non-hydrogen) atoms. The van der Waals surface area contributed by atoms with E-state index >= 15 is 4.39 Å². The highest BCUT2D eigenvalue weighted by atomic mass is 35.5. The molecular formula is C30H33ClFN3O4S. The van der Waals surface area contributed by atoms with Gasteiger partial charge >= 0.3 is 5.97 Å². The molecule has 7 nitrogen and oxygen atoms in total. The molecule has 2 aromatic carbocycles. The van der Waals surface area contributed by atoms with Crippen molar-refractivity contribution in [2.24, 2.45) is 9.36 Å². The summed E-state index contributed by atoms with van der Waals surface area (Å²) in [5, 5.41) is 8.64. The van der Waals surface area contributed by atoms with E-state index in [9.17, 15) is 13.8 Å². The Bertz CT molecular complexity index is 1590. The van der Waals surface area contributed by atoms with Gasteiger partial charge in [0.1, 0.15) is 17.0 Å². The van der Waals surface area contributed by atoms with Crippen LogP contribution in [0.25, 0.3) is 0 Å². The summed E-state index contributed by atoms with van der Waals surface area (Å²) in [7, 11) is -2.97. The summed E-state index contributed by atoms with van der Waals surface area (Å²) < 4.78 is 39.1. The van der Waals surface area contributed by atoms with Gasteiger partial charge in [-0.1, -0.05) is 17.7 Å². The molecule has 2 aromatic rings. The molecule has 0 saturated heterocycles. The molecule has 0 amide bonds. The van der Waals surface area contributed by atoms with E-state index in [4.69, 9.17) is 26.6 Å². The van der Waals surface area contributed by atoms with Crippen LogP contribution in [0.3, 0.4) is 0 Å². The quantitative estimate of drug-likeness (QED) is 0.296. The first-order valence-corrected chi connectivity index (χ1v) is 15.0. The van der Waals surface area contributed by atoms with Crippen LogP contribution in [0.2, 0.25) is 5.02 Å². The lowest BCUT2D eigenvalue weighted by Gasteiger charge is -2.46. The highest BCUT2D eigenvalue weighted by molar-refractivity contribution is 7.96. The van der Waals surface area contributed by atoms with Gasteiger partial charge in [-0.05, 0) is 83.9 Å². The van der Waals surface area contributed by atoms with E-state index in [1.165, 1.54) is 30.3 Å². The number of esters is 1. The van der Waals surface area contributed by atoms with Crippen molar-refractivity contribution in [3.05, 3.63) is 69.5 Å². The summed E-state index contributed by atoms with van der Waals surface area (Å²) in [6.07, 6.45) is 0.181. The average Bonchev–Trinajstić information content (AvgIpc) is 3.27. The third-order valence-corrected chi connectivity index (χ3v) is 11.6. The summed E-state index contributed by atoms with van der Waals surface area (Å²) in [5.41, 5.74) is -0.348. The van der Waals surface area contributed by atoms with Gasteiger partial charge in [0.25, 0.3) is 0 Å². The van der Waals surface area contributed by atoms with Crippen molar-refractivity contribution in [1.29, 1.82) is 5.26 Å². The van der Waals surface area contributed by atoms with Crippen LogP contribution < -0.4 is 0 Å². The molecule has 2 aliphatic heterocycles. The molecule has 0 saturated carbocycles. The Hall–Kier alpha value is -3.09. The third-order valence-electron chi connectivity index (χ3n) is 7.55. The first-order chi connectivity index (χ1) is 18.5. The highest BCUT2D eigenvalue weighted by Crippen LogP contribution is 2.49. The van der Waals surface area contributed by atoms with Gasteiger partial charge in [-0.15, -0.1) is 0 Å². The second-order valence-corrected chi connectivity index (χ2v) is 15.3. The van der Waals surface area contributed by atoms with Crippen LogP contribution >= 0.6 is 11.6 Å². The zero-order valence-electron chi connectivity index (χ0n) is 23.5. The van der Waals surface area contributed by atoms with Crippen molar-refractivity contribution < 1.29 is 22.9 Å². The Kier molecular flexibility index (Phi) is 7.76. The number of carbonyl (C=O) groups is 2. The molecule has 212 valence electrons. The Labute approximate surface area is 240 Å². The SMILES string of the molecule is CC(C)(C)OC(=O)CC1=N[C@](C)(c2cc(CC(=O)c3ccc(C#N)cc3Cl)ccc2F)[C@@H]2CCN=[S@]2(=O)C1(C)C. The molecule has 10 heteroatoms. The minimum atomic E-state index is -2.97. The van der Waals surface area contributed by atoms with Gasteiger partial charge in [0, 0.05) is 29.8 Å². The number of nitriles is 1. The fourth-order valence-electron chi connectivity index (χ4n) is 5.48. The van der Waals surface area contributed by atoms with Gasteiger partial charge in [0.15, 0.2) is 5.78 Å². The number of benzene rings is 2. The maximum atomic E-state index is 15.6. The van der Waals surface area contributed by atoms with Gasteiger partial charge < -0.3 is 4.74 Å². The van der Waals surface area contributed by atoms with E-state index in [1.54, 1.807) is 47.6 Å². The number of ether oxygens (including phenoxy) is 1. The number of hydrogen-bond acceptors (Lipinski definition) is 7. The molecule has 4 rings (SSSR count). The van der Waals surface area contributed by atoms with Crippen LogP contribution in [0.4, 0.5) is 4.39 Å². The number of rotatable bonds is 6. The molecular weight excluding hydrogens is 553 g/mol. The van der Waals surface area contributed by atoms with Gasteiger partial charge in [0.05, 0.1) is 42.8 Å². The highest BCUT2D eigenvalue weighted by Gasteiger charge is 2.57. The molecule has 3 atom stereocenters. The van der Waals surface area contributed by atoms with E-state index in [1.807, 2.05) is 6.07 Å². The van der Waals surface area contributed by atoms with Crippen molar-refractivity contribution in [2.75, 3.05) is 6.54 Å². The molecule has 0 bridgehead atoms. The summed E-state index contributed by atoms with van der Waals surface area (Å²) >= 11 is 6.24. The van der Waals surface area contributed by atoms with Gasteiger partial charge in [-0.25, -0.2) is 13.0 Å². The Morgan fingerprint density at radius 1 is 1.18 bits per heavy atom. The Morgan fingerprint density at radius 3 is 2.50 bits per heavy atom. The summed E-state index contributed by atoms with van der Waals surface area (Å²) in [5.74, 6) is -1.36. The maximum Gasteiger partial charge on any atom is 0.312 e. The number of fused-ring (bicyclic) bond motifs is 1. The van der Waals surface area contributed by atoms with Crippen molar-refractivity contribution >= 4 is 38.8 Å². The predicted octanol–water partition coefficient (Wildman–Crippen LogP) is 6.20. The van der Waals surface area contributed by atoms with Crippen LogP contribution in [-0.4, -0.2) is 43.8 Å². The molecule has 2 heterocycles. The minimum Gasteiger partial charge on any atom is -0.460 e. The third kappa shape index (κ3) is 5.31. The number of ketones is 1. The van der Waals surface area contributed by atoms with Crippen LogP contribution in [0.5, 0.6) is 0 Å². The zero-order chi connectivity index (χ0) is 29.7. The minimum absolute atomic E-state index is 0.0701. The smallest absolute Gasteiger partial charge is 0.312 e. The summed E-state index contributed by atoms with van der Waals surface area (Å²) in [6, 6.07) is 10.8. The van der Waals surface area contributed by atoms with Gasteiger partial charge in [-0.2, -0.15) is 5.26 Å².